The summed E-state index contributed by atoms with van der Waals surface area (Å²) in [5.41, 5.74) is -1.85. The number of carbonyl (C=O) groups is 2. The van der Waals surface area contributed by atoms with Gasteiger partial charge in [0.1, 0.15) is 23.0 Å². The predicted molar refractivity (Wildman–Crippen MR) is 86.4 cm³/mol. The van der Waals surface area contributed by atoms with Crippen LogP contribution in [0, 0.1) is 17.0 Å². The van der Waals surface area contributed by atoms with Gasteiger partial charge in [0.05, 0.1) is 12.0 Å². The highest BCUT2D eigenvalue weighted by Crippen LogP contribution is 2.30. The smallest absolute Gasteiger partial charge is 0.317 e. The van der Waals surface area contributed by atoms with Gasteiger partial charge in [-0.15, -0.1) is 0 Å². The van der Waals surface area contributed by atoms with Gasteiger partial charge in [-0.2, -0.15) is 0 Å². The third-order valence-corrected chi connectivity index (χ3v) is 4.17. The van der Waals surface area contributed by atoms with E-state index in [-0.39, 0.29) is 18.8 Å². The minimum atomic E-state index is -0.942. The third kappa shape index (κ3) is 4.80. The maximum Gasteiger partial charge on any atom is 0.317 e. The highest BCUT2D eigenvalue weighted by molar-refractivity contribution is 5.79. The first-order valence-electron chi connectivity index (χ1n) is 7.92. The molecule has 6 nitrogen and oxygen atoms in total. The Balaban J connectivity index is 1.91. The molecule has 2 rings (SSSR count). The molecule has 8 heteroatoms. The molecule has 1 heterocycles. The van der Waals surface area contributed by atoms with Crippen molar-refractivity contribution in [2.45, 2.75) is 32.8 Å². The molecule has 1 aliphatic rings. The number of carboxylic acid groups (broad SMARTS) is 1. The molecule has 1 fully saturated rings. The lowest BCUT2D eigenvalue weighted by Gasteiger charge is -2.28. The minimum absolute atomic E-state index is 0.0244. The van der Waals surface area contributed by atoms with Gasteiger partial charge in [-0.1, -0.05) is 0 Å². The second kappa shape index (κ2) is 6.85. The average molecular weight is 356 g/mol. The van der Waals surface area contributed by atoms with Crippen LogP contribution in [0.1, 0.15) is 27.2 Å². The number of amides is 2. The quantitative estimate of drug-likeness (QED) is 0.850. The van der Waals surface area contributed by atoms with Crippen LogP contribution in [0.5, 0.6) is 5.75 Å². The van der Waals surface area contributed by atoms with Crippen molar-refractivity contribution in [2.75, 3.05) is 19.6 Å². The number of ether oxygens (including phenoxy) is 1. The van der Waals surface area contributed by atoms with E-state index in [1.807, 2.05) is 0 Å². The molecule has 1 aromatic carbocycles. The van der Waals surface area contributed by atoms with Gasteiger partial charge < -0.3 is 20.1 Å². The van der Waals surface area contributed by atoms with Crippen LogP contribution >= 0.6 is 0 Å². The summed E-state index contributed by atoms with van der Waals surface area (Å²) in [6, 6.07) is 2.47. The van der Waals surface area contributed by atoms with Crippen LogP contribution < -0.4 is 10.1 Å². The van der Waals surface area contributed by atoms with E-state index >= 15 is 0 Å². The molecule has 2 amide bonds. The third-order valence-electron chi connectivity index (χ3n) is 4.17. The maximum atomic E-state index is 13.2. The van der Waals surface area contributed by atoms with Crippen molar-refractivity contribution in [2.24, 2.45) is 5.41 Å². The normalized spacial score (nSPS) is 20.4. The summed E-state index contributed by atoms with van der Waals surface area (Å²) < 4.78 is 32.0. The number of hydrogen-bond acceptors (Lipinski definition) is 3. The second-order valence-corrected chi connectivity index (χ2v) is 7.16. The standard InChI is InChI=1S/C17H22F2N2O4/c1-16(2,25-13-7-11(18)6-12(19)8-13)9-20-15(24)21-5-4-17(3,10-21)14(22)23/h6-8H,4-5,9-10H2,1-3H3,(H,20,24)(H,22,23). The van der Waals surface area contributed by atoms with E-state index in [2.05, 4.69) is 5.32 Å². The molecule has 1 atom stereocenters. The number of halogens is 2. The Kier molecular flexibility index (Phi) is 5.20. The number of benzene rings is 1. The molecule has 0 aromatic heterocycles. The van der Waals surface area contributed by atoms with E-state index < -0.39 is 34.7 Å². The predicted octanol–water partition coefficient (Wildman–Crippen LogP) is 2.63. The Labute approximate surface area is 144 Å². The van der Waals surface area contributed by atoms with Crippen LogP contribution in [0.3, 0.4) is 0 Å². The molecule has 1 aliphatic heterocycles. The SMILES string of the molecule is CC(C)(CNC(=O)N1CCC(C)(C(=O)O)C1)Oc1cc(F)cc(F)c1. The molecular formula is C17H22F2N2O4. The number of carboxylic acids is 1. The molecule has 0 saturated carbocycles. The molecule has 138 valence electrons. The molecule has 0 aliphatic carbocycles. The number of nitrogens with zero attached hydrogens (tertiary/aromatic N) is 1. The van der Waals surface area contributed by atoms with Gasteiger partial charge in [0.2, 0.25) is 0 Å². The number of likely N-dealkylation sites (tertiary alicyclic amines) is 1. The van der Waals surface area contributed by atoms with Crippen molar-refractivity contribution >= 4 is 12.0 Å². The molecule has 1 saturated heterocycles. The lowest BCUT2D eigenvalue weighted by molar-refractivity contribution is -0.147. The lowest BCUT2D eigenvalue weighted by Crippen LogP contribution is -2.47. The molecule has 0 spiro atoms. The van der Waals surface area contributed by atoms with Crippen molar-refractivity contribution in [1.82, 2.24) is 10.2 Å². The molecule has 0 bridgehead atoms. The summed E-state index contributed by atoms with van der Waals surface area (Å²) >= 11 is 0. The van der Waals surface area contributed by atoms with Gasteiger partial charge in [0, 0.05) is 31.3 Å². The van der Waals surface area contributed by atoms with Gasteiger partial charge >= 0.3 is 12.0 Å². The fourth-order valence-electron chi connectivity index (χ4n) is 2.65. The first kappa shape index (κ1) is 19.0. The Bertz CT molecular complexity index is 660. The zero-order valence-corrected chi connectivity index (χ0v) is 14.4. The van der Waals surface area contributed by atoms with Crippen molar-refractivity contribution in [3.63, 3.8) is 0 Å². The number of aliphatic carboxylic acids is 1. The Morgan fingerprint density at radius 2 is 1.92 bits per heavy atom. The Morgan fingerprint density at radius 1 is 1.32 bits per heavy atom. The fraction of sp³-hybridized carbons (Fsp3) is 0.529. The van der Waals surface area contributed by atoms with Crippen molar-refractivity contribution in [1.29, 1.82) is 0 Å². The maximum absolute atomic E-state index is 13.2. The number of nitrogens with one attached hydrogen (secondary N) is 1. The topological polar surface area (TPSA) is 78.9 Å². The van der Waals surface area contributed by atoms with Gasteiger partial charge in [-0.05, 0) is 27.2 Å². The summed E-state index contributed by atoms with van der Waals surface area (Å²) in [5, 5.41) is 11.9. The summed E-state index contributed by atoms with van der Waals surface area (Å²) in [7, 11) is 0. The van der Waals surface area contributed by atoms with Gasteiger partial charge in [-0.25, -0.2) is 13.6 Å². The molecule has 1 unspecified atom stereocenters. The van der Waals surface area contributed by atoms with E-state index in [9.17, 15) is 23.5 Å². The van der Waals surface area contributed by atoms with E-state index in [0.717, 1.165) is 18.2 Å². The van der Waals surface area contributed by atoms with E-state index in [1.165, 1.54) is 4.90 Å². The summed E-state index contributed by atoms with van der Waals surface area (Å²) in [5.74, 6) is -2.41. The zero-order chi connectivity index (χ0) is 18.8. The number of hydrogen-bond donors (Lipinski definition) is 2. The highest BCUT2D eigenvalue weighted by Gasteiger charge is 2.42. The van der Waals surface area contributed by atoms with Crippen LogP contribution in [0.25, 0.3) is 0 Å². The van der Waals surface area contributed by atoms with Gasteiger partial charge in [-0.3, -0.25) is 4.79 Å². The van der Waals surface area contributed by atoms with Gasteiger partial charge in [0.15, 0.2) is 0 Å². The number of carbonyl (C=O) groups excluding carboxylic acids is 1. The largest absolute Gasteiger partial charge is 0.486 e. The van der Waals surface area contributed by atoms with E-state index in [1.54, 1.807) is 20.8 Å². The zero-order valence-electron chi connectivity index (χ0n) is 14.4. The summed E-state index contributed by atoms with van der Waals surface area (Å²) in [6.07, 6.45) is 0.387. The Morgan fingerprint density at radius 3 is 2.44 bits per heavy atom. The van der Waals surface area contributed by atoms with Crippen molar-refractivity contribution in [3.8, 4) is 5.75 Å². The van der Waals surface area contributed by atoms with Gasteiger partial charge in [0.25, 0.3) is 0 Å². The number of urea groups is 1. The van der Waals surface area contributed by atoms with E-state index in [0.29, 0.717) is 13.0 Å². The molecular weight excluding hydrogens is 334 g/mol. The van der Waals surface area contributed by atoms with Crippen molar-refractivity contribution in [3.05, 3.63) is 29.8 Å². The first-order chi connectivity index (χ1) is 11.5. The van der Waals surface area contributed by atoms with E-state index in [4.69, 9.17) is 4.74 Å². The molecule has 1 aromatic rings. The van der Waals surface area contributed by atoms with Crippen LogP contribution in [-0.2, 0) is 4.79 Å². The highest BCUT2D eigenvalue weighted by atomic mass is 19.1. The molecule has 2 N–H and O–H groups in total. The Hall–Kier alpha value is -2.38. The fourth-order valence-corrected chi connectivity index (χ4v) is 2.65. The van der Waals surface area contributed by atoms with Crippen LogP contribution in [0.15, 0.2) is 18.2 Å². The molecule has 0 radical (unpaired) electrons. The lowest BCUT2D eigenvalue weighted by atomic mass is 9.90. The summed E-state index contributed by atoms with van der Waals surface area (Å²) in [4.78, 5) is 24.9. The average Bonchev–Trinajstić information content (AvgIpc) is 2.87. The van der Waals surface area contributed by atoms with Crippen LogP contribution in [0.2, 0.25) is 0 Å². The monoisotopic (exact) mass is 356 g/mol. The summed E-state index contributed by atoms with van der Waals surface area (Å²) in [6.45, 7) is 5.51. The second-order valence-electron chi connectivity index (χ2n) is 7.16. The van der Waals surface area contributed by atoms with Crippen LogP contribution in [0.4, 0.5) is 13.6 Å². The number of rotatable bonds is 5. The van der Waals surface area contributed by atoms with Crippen LogP contribution in [-0.4, -0.2) is 47.2 Å². The molecule has 25 heavy (non-hydrogen) atoms. The first-order valence-corrected chi connectivity index (χ1v) is 7.92. The van der Waals surface area contributed by atoms with Crippen molar-refractivity contribution < 1.29 is 28.2 Å². The minimum Gasteiger partial charge on any atom is -0.486 e.